The molecule has 148 valence electrons. The molecule has 29 heavy (non-hydrogen) atoms. The van der Waals surface area contributed by atoms with E-state index in [1.807, 2.05) is 30.3 Å². The lowest BCUT2D eigenvalue weighted by Crippen LogP contribution is -2.16. The van der Waals surface area contributed by atoms with Gasteiger partial charge in [0, 0.05) is 11.3 Å². The van der Waals surface area contributed by atoms with Crippen LogP contribution >= 0.6 is 0 Å². The molecule has 0 heterocycles. The molecule has 0 unspecified atom stereocenters. The van der Waals surface area contributed by atoms with Gasteiger partial charge >= 0.3 is 0 Å². The Morgan fingerprint density at radius 1 is 0.828 bits per heavy atom. The number of benzene rings is 3. The van der Waals surface area contributed by atoms with Crippen LogP contribution in [0.5, 0.6) is 11.5 Å². The highest BCUT2D eigenvalue weighted by atomic mass is 16.5. The molecule has 6 nitrogen and oxygen atoms in total. The number of anilines is 2. The molecular weight excluding hydrogens is 368 g/mol. The summed E-state index contributed by atoms with van der Waals surface area (Å²) in [5.41, 5.74) is 2.44. The highest BCUT2D eigenvalue weighted by molar-refractivity contribution is 6.05. The summed E-state index contributed by atoms with van der Waals surface area (Å²) < 4.78 is 10.4. The summed E-state index contributed by atoms with van der Waals surface area (Å²) in [6.45, 7) is 0. The lowest BCUT2D eigenvalue weighted by molar-refractivity contribution is -0.115. The van der Waals surface area contributed by atoms with Gasteiger partial charge in [0.25, 0.3) is 5.91 Å². The van der Waals surface area contributed by atoms with Crippen LogP contribution in [0.15, 0.2) is 72.8 Å². The van der Waals surface area contributed by atoms with Gasteiger partial charge in [-0.25, -0.2) is 0 Å². The molecule has 3 aromatic carbocycles. The number of hydrogen-bond acceptors (Lipinski definition) is 4. The van der Waals surface area contributed by atoms with Gasteiger partial charge in [-0.3, -0.25) is 9.59 Å². The van der Waals surface area contributed by atoms with Crippen molar-refractivity contribution in [2.24, 2.45) is 0 Å². The fourth-order valence-corrected chi connectivity index (χ4v) is 2.80. The Balaban J connectivity index is 1.70. The summed E-state index contributed by atoms with van der Waals surface area (Å²) in [6.07, 6.45) is 0.224. The third-order valence-corrected chi connectivity index (χ3v) is 4.29. The highest BCUT2D eigenvalue weighted by Gasteiger charge is 2.12. The summed E-state index contributed by atoms with van der Waals surface area (Å²) in [6, 6.07) is 21.3. The Labute approximate surface area is 169 Å². The summed E-state index contributed by atoms with van der Waals surface area (Å²) in [5, 5.41) is 5.67. The molecule has 0 radical (unpaired) electrons. The zero-order valence-corrected chi connectivity index (χ0v) is 16.3. The molecule has 0 aliphatic carbocycles. The number of carbonyl (C=O) groups is 2. The van der Waals surface area contributed by atoms with Crippen LogP contribution in [-0.4, -0.2) is 26.0 Å². The van der Waals surface area contributed by atoms with Crippen molar-refractivity contribution in [1.29, 1.82) is 0 Å². The summed E-state index contributed by atoms with van der Waals surface area (Å²) >= 11 is 0. The Morgan fingerprint density at radius 2 is 1.55 bits per heavy atom. The van der Waals surface area contributed by atoms with Crippen LogP contribution < -0.4 is 20.1 Å². The fraction of sp³-hybridized carbons (Fsp3) is 0.130. The first-order valence-electron chi connectivity index (χ1n) is 9.06. The minimum atomic E-state index is -0.259. The zero-order chi connectivity index (χ0) is 20.6. The van der Waals surface area contributed by atoms with Crippen molar-refractivity contribution >= 4 is 23.2 Å². The van der Waals surface area contributed by atoms with Crippen LogP contribution in [0.4, 0.5) is 11.4 Å². The van der Waals surface area contributed by atoms with Crippen molar-refractivity contribution in [1.82, 2.24) is 0 Å². The second kappa shape index (κ2) is 9.41. The van der Waals surface area contributed by atoms with E-state index in [0.717, 1.165) is 11.3 Å². The normalized spacial score (nSPS) is 10.1. The van der Waals surface area contributed by atoms with Gasteiger partial charge in [-0.15, -0.1) is 0 Å². The van der Waals surface area contributed by atoms with E-state index >= 15 is 0 Å². The molecule has 3 rings (SSSR count). The van der Waals surface area contributed by atoms with Crippen molar-refractivity contribution in [2.75, 3.05) is 24.9 Å². The van der Waals surface area contributed by atoms with Crippen LogP contribution in [0.25, 0.3) is 0 Å². The quantitative estimate of drug-likeness (QED) is 0.636. The molecule has 0 aliphatic heterocycles. The average molecular weight is 390 g/mol. The van der Waals surface area contributed by atoms with Crippen LogP contribution in [0.3, 0.4) is 0 Å². The predicted molar refractivity (Wildman–Crippen MR) is 113 cm³/mol. The van der Waals surface area contributed by atoms with Crippen LogP contribution in [0, 0.1) is 0 Å². The van der Waals surface area contributed by atoms with E-state index in [-0.39, 0.29) is 18.2 Å². The van der Waals surface area contributed by atoms with Gasteiger partial charge in [0.1, 0.15) is 11.5 Å². The summed E-state index contributed by atoms with van der Waals surface area (Å²) in [5.74, 6) is 0.817. The summed E-state index contributed by atoms with van der Waals surface area (Å²) in [7, 11) is 3.12. The maximum atomic E-state index is 12.4. The SMILES string of the molecule is COc1ccc(CC(=O)Nc2ccc(OC)c(NC(=O)c3ccccc3)c2)cc1. The van der Waals surface area contributed by atoms with E-state index in [0.29, 0.717) is 22.7 Å². The lowest BCUT2D eigenvalue weighted by Gasteiger charge is -2.13. The topological polar surface area (TPSA) is 76.7 Å². The number of carbonyl (C=O) groups excluding carboxylic acids is 2. The Bertz CT molecular complexity index is 986. The van der Waals surface area contributed by atoms with Crippen molar-refractivity contribution in [3.63, 3.8) is 0 Å². The number of amides is 2. The average Bonchev–Trinajstić information content (AvgIpc) is 2.75. The second-order valence-electron chi connectivity index (χ2n) is 6.31. The van der Waals surface area contributed by atoms with Crippen LogP contribution in [0.1, 0.15) is 15.9 Å². The molecule has 0 fully saturated rings. The number of methoxy groups -OCH3 is 2. The standard InChI is InChI=1S/C23H22N2O4/c1-28-19-11-8-16(9-12-19)14-22(26)24-18-10-13-21(29-2)20(15-18)25-23(27)17-6-4-3-5-7-17/h3-13,15H,14H2,1-2H3,(H,24,26)(H,25,27). The van der Waals surface area contributed by atoms with Gasteiger partial charge in [-0.05, 0) is 48.0 Å². The molecule has 2 amide bonds. The van der Waals surface area contributed by atoms with Gasteiger partial charge in [0.15, 0.2) is 0 Å². The molecule has 6 heteroatoms. The largest absolute Gasteiger partial charge is 0.497 e. The van der Waals surface area contributed by atoms with E-state index in [2.05, 4.69) is 10.6 Å². The van der Waals surface area contributed by atoms with Gasteiger partial charge < -0.3 is 20.1 Å². The Hall–Kier alpha value is -3.80. The minimum Gasteiger partial charge on any atom is -0.497 e. The molecule has 0 spiro atoms. The molecule has 0 saturated heterocycles. The number of rotatable bonds is 7. The highest BCUT2D eigenvalue weighted by Crippen LogP contribution is 2.28. The molecule has 0 saturated carbocycles. The molecule has 0 bridgehead atoms. The van der Waals surface area contributed by atoms with Gasteiger partial charge in [-0.1, -0.05) is 30.3 Å². The monoisotopic (exact) mass is 390 g/mol. The maximum Gasteiger partial charge on any atom is 0.255 e. The van der Waals surface area contributed by atoms with Crippen molar-refractivity contribution in [3.05, 3.63) is 83.9 Å². The molecule has 3 aromatic rings. The Morgan fingerprint density at radius 3 is 2.21 bits per heavy atom. The first-order chi connectivity index (χ1) is 14.1. The smallest absolute Gasteiger partial charge is 0.255 e. The zero-order valence-electron chi connectivity index (χ0n) is 16.3. The first kappa shape index (κ1) is 19.9. The van der Waals surface area contributed by atoms with E-state index in [1.54, 1.807) is 49.6 Å². The Kier molecular flexibility index (Phi) is 6.47. The van der Waals surface area contributed by atoms with Crippen molar-refractivity contribution in [2.45, 2.75) is 6.42 Å². The molecular formula is C23H22N2O4. The summed E-state index contributed by atoms with van der Waals surface area (Å²) in [4.78, 5) is 24.8. The van der Waals surface area contributed by atoms with Crippen LogP contribution in [-0.2, 0) is 11.2 Å². The molecule has 0 atom stereocenters. The molecule has 2 N–H and O–H groups in total. The van der Waals surface area contributed by atoms with E-state index in [9.17, 15) is 9.59 Å². The third-order valence-electron chi connectivity index (χ3n) is 4.29. The van der Waals surface area contributed by atoms with E-state index < -0.39 is 0 Å². The number of hydrogen-bond donors (Lipinski definition) is 2. The van der Waals surface area contributed by atoms with E-state index in [1.165, 1.54) is 7.11 Å². The lowest BCUT2D eigenvalue weighted by atomic mass is 10.1. The van der Waals surface area contributed by atoms with E-state index in [4.69, 9.17) is 9.47 Å². The fourth-order valence-electron chi connectivity index (χ4n) is 2.80. The first-order valence-corrected chi connectivity index (χ1v) is 9.06. The number of ether oxygens (including phenoxy) is 2. The van der Waals surface area contributed by atoms with Gasteiger partial charge in [0.05, 0.1) is 26.3 Å². The van der Waals surface area contributed by atoms with Crippen LogP contribution in [0.2, 0.25) is 0 Å². The third kappa shape index (κ3) is 5.35. The maximum absolute atomic E-state index is 12.4. The van der Waals surface area contributed by atoms with Gasteiger partial charge in [-0.2, -0.15) is 0 Å². The van der Waals surface area contributed by atoms with Crippen molar-refractivity contribution < 1.29 is 19.1 Å². The molecule has 0 aliphatic rings. The second-order valence-corrected chi connectivity index (χ2v) is 6.31. The molecule has 0 aromatic heterocycles. The van der Waals surface area contributed by atoms with Crippen molar-refractivity contribution in [3.8, 4) is 11.5 Å². The predicted octanol–water partition coefficient (Wildman–Crippen LogP) is 4.14. The van der Waals surface area contributed by atoms with Gasteiger partial charge in [0.2, 0.25) is 5.91 Å². The minimum absolute atomic E-state index is 0.166. The number of nitrogens with one attached hydrogen (secondary N) is 2.